The molecule has 0 bridgehead atoms. The summed E-state index contributed by atoms with van der Waals surface area (Å²) in [6.07, 6.45) is 2.31. The zero-order valence-electron chi connectivity index (χ0n) is 21.2. The number of hydrogen-bond acceptors (Lipinski definition) is 6. The largest absolute Gasteiger partial charge is 0.478 e. The lowest BCUT2D eigenvalue weighted by Gasteiger charge is -2.16. The van der Waals surface area contributed by atoms with Crippen LogP contribution in [0, 0.1) is 0 Å². The van der Waals surface area contributed by atoms with Gasteiger partial charge in [0.2, 0.25) is 5.91 Å². The average Bonchev–Trinajstić information content (AvgIpc) is 2.92. The first-order valence-corrected chi connectivity index (χ1v) is 13.2. The number of carbonyl (C=O) groups is 4. The van der Waals surface area contributed by atoms with E-state index in [1.54, 1.807) is 54.6 Å². The van der Waals surface area contributed by atoms with Gasteiger partial charge in [-0.15, -0.1) is 11.8 Å². The van der Waals surface area contributed by atoms with Gasteiger partial charge in [0.1, 0.15) is 0 Å². The summed E-state index contributed by atoms with van der Waals surface area (Å²) in [7, 11) is 0. The maximum Gasteiger partial charge on any atom is 0.338 e. The van der Waals surface area contributed by atoms with Gasteiger partial charge in [0, 0.05) is 16.3 Å². The third-order valence-electron chi connectivity index (χ3n) is 5.55. The summed E-state index contributed by atoms with van der Waals surface area (Å²) in [5.74, 6) is -2.30. The molecule has 2 amide bonds. The quantitative estimate of drug-likeness (QED) is 0.146. The number of anilines is 2. The first-order valence-electron chi connectivity index (χ1n) is 12.3. The van der Waals surface area contributed by atoms with Crippen LogP contribution in [0.15, 0.2) is 77.7 Å². The molecule has 0 aliphatic rings. The van der Waals surface area contributed by atoms with Gasteiger partial charge in [0.05, 0.1) is 28.5 Å². The highest BCUT2D eigenvalue weighted by Crippen LogP contribution is 2.29. The van der Waals surface area contributed by atoms with Crippen molar-refractivity contribution in [3.63, 3.8) is 0 Å². The Labute approximate surface area is 225 Å². The van der Waals surface area contributed by atoms with E-state index in [0.29, 0.717) is 30.0 Å². The fourth-order valence-electron chi connectivity index (χ4n) is 3.50. The van der Waals surface area contributed by atoms with Gasteiger partial charge in [-0.2, -0.15) is 0 Å². The van der Waals surface area contributed by atoms with Crippen LogP contribution in [0.1, 0.15) is 64.2 Å². The van der Waals surface area contributed by atoms with Crippen LogP contribution in [-0.4, -0.2) is 40.7 Å². The number of unbranched alkanes of at least 4 members (excludes halogenated alkanes) is 1. The number of carboxylic acid groups (broad SMARTS) is 1. The van der Waals surface area contributed by atoms with Crippen molar-refractivity contribution in [3.05, 3.63) is 89.5 Å². The predicted molar refractivity (Wildman–Crippen MR) is 148 cm³/mol. The number of ether oxygens (including phenoxy) is 1. The molecule has 0 saturated carbocycles. The van der Waals surface area contributed by atoms with Crippen molar-refractivity contribution >= 4 is 46.9 Å². The summed E-state index contributed by atoms with van der Waals surface area (Å²) in [5, 5.41) is 14.5. The summed E-state index contributed by atoms with van der Waals surface area (Å²) < 4.78 is 5.20. The van der Waals surface area contributed by atoms with E-state index >= 15 is 0 Å². The molecule has 0 heterocycles. The number of nitrogens with one attached hydrogen (secondary N) is 2. The molecule has 0 aromatic heterocycles. The van der Waals surface area contributed by atoms with Gasteiger partial charge in [0.25, 0.3) is 5.91 Å². The molecule has 1 atom stereocenters. The molecule has 198 valence electrons. The zero-order valence-corrected chi connectivity index (χ0v) is 22.0. The smallest absolute Gasteiger partial charge is 0.338 e. The van der Waals surface area contributed by atoms with Crippen LogP contribution in [0.25, 0.3) is 0 Å². The Morgan fingerprint density at radius 3 is 2.24 bits per heavy atom. The molecule has 0 fully saturated rings. The Morgan fingerprint density at radius 1 is 0.868 bits per heavy atom. The highest BCUT2D eigenvalue weighted by atomic mass is 32.2. The molecule has 8 nitrogen and oxygen atoms in total. The molecule has 0 saturated heterocycles. The standard InChI is InChI=1S/C29H30N2O6S/c1-3-5-17-37-29(36)19-13-15-20(16-14-19)30-27(33)25(4-2)38-22-10-8-9-21(18-22)31-26(32)23-11-6-7-12-24(23)28(34)35/h6-16,18,25H,3-5,17H2,1-2H3,(H,30,33)(H,31,32)(H,34,35). The Hall–Kier alpha value is -4.11. The number of amides is 2. The Balaban J connectivity index is 1.62. The van der Waals surface area contributed by atoms with Gasteiger partial charge in [-0.05, 0) is 67.4 Å². The summed E-state index contributed by atoms with van der Waals surface area (Å²) >= 11 is 1.35. The fourth-order valence-corrected chi connectivity index (χ4v) is 4.52. The number of hydrogen-bond donors (Lipinski definition) is 3. The molecule has 3 aromatic carbocycles. The number of esters is 1. The second kappa shape index (κ2) is 14.0. The van der Waals surface area contributed by atoms with Crippen molar-refractivity contribution in [3.8, 4) is 0 Å². The van der Waals surface area contributed by atoms with Crippen molar-refractivity contribution < 1.29 is 29.0 Å². The molecule has 0 spiro atoms. The monoisotopic (exact) mass is 534 g/mol. The van der Waals surface area contributed by atoms with Gasteiger partial charge in [-0.1, -0.05) is 38.5 Å². The van der Waals surface area contributed by atoms with Crippen LogP contribution >= 0.6 is 11.8 Å². The lowest BCUT2D eigenvalue weighted by Crippen LogP contribution is -2.24. The lowest BCUT2D eigenvalue weighted by atomic mass is 10.1. The van der Waals surface area contributed by atoms with Crippen LogP contribution in [0.5, 0.6) is 0 Å². The molecular formula is C29H30N2O6S. The Kier molecular flexibility index (Phi) is 10.5. The summed E-state index contributed by atoms with van der Waals surface area (Å²) in [6.45, 7) is 4.30. The highest BCUT2D eigenvalue weighted by Gasteiger charge is 2.20. The molecule has 0 radical (unpaired) electrons. The van der Waals surface area contributed by atoms with Crippen molar-refractivity contribution in [1.29, 1.82) is 0 Å². The van der Waals surface area contributed by atoms with E-state index < -0.39 is 23.1 Å². The first kappa shape index (κ1) is 28.5. The van der Waals surface area contributed by atoms with E-state index in [2.05, 4.69) is 10.6 Å². The first-order chi connectivity index (χ1) is 18.3. The van der Waals surface area contributed by atoms with Crippen LogP contribution < -0.4 is 10.6 Å². The van der Waals surface area contributed by atoms with E-state index in [-0.39, 0.29) is 17.0 Å². The van der Waals surface area contributed by atoms with Crippen molar-refractivity contribution in [2.24, 2.45) is 0 Å². The van der Waals surface area contributed by atoms with Crippen molar-refractivity contribution in [1.82, 2.24) is 0 Å². The molecule has 0 aliphatic carbocycles. The SMILES string of the molecule is CCCCOC(=O)c1ccc(NC(=O)C(CC)Sc2cccc(NC(=O)c3ccccc3C(=O)O)c2)cc1. The van der Waals surface area contributed by atoms with E-state index in [0.717, 1.165) is 17.7 Å². The second-order valence-electron chi connectivity index (χ2n) is 8.40. The van der Waals surface area contributed by atoms with E-state index in [1.165, 1.54) is 23.9 Å². The maximum atomic E-state index is 12.9. The third kappa shape index (κ3) is 7.94. The molecular weight excluding hydrogens is 504 g/mol. The summed E-state index contributed by atoms with van der Waals surface area (Å²) in [6, 6.07) is 19.6. The molecule has 9 heteroatoms. The van der Waals surface area contributed by atoms with Crippen LogP contribution in [-0.2, 0) is 9.53 Å². The van der Waals surface area contributed by atoms with E-state index in [1.807, 2.05) is 19.9 Å². The minimum absolute atomic E-state index is 0.0594. The van der Waals surface area contributed by atoms with Crippen LogP contribution in [0.3, 0.4) is 0 Å². The lowest BCUT2D eigenvalue weighted by molar-refractivity contribution is -0.115. The van der Waals surface area contributed by atoms with Crippen LogP contribution in [0.4, 0.5) is 11.4 Å². The van der Waals surface area contributed by atoms with E-state index in [9.17, 15) is 24.3 Å². The molecule has 3 N–H and O–H groups in total. The average molecular weight is 535 g/mol. The zero-order chi connectivity index (χ0) is 27.5. The number of aromatic carboxylic acids is 1. The van der Waals surface area contributed by atoms with Crippen LogP contribution in [0.2, 0.25) is 0 Å². The van der Waals surface area contributed by atoms with Crippen molar-refractivity contribution in [2.45, 2.75) is 43.3 Å². The van der Waals surface area contributed by atoms with Crippen molar-refractivity contribution in [2.75, 3.05) is 17.2 Å². The third-order valence-corrected chi connectivity index (χ3v) is 6.91. The number of carboxylic acids is 1. The highest BCUT2D eigenvalue weighted by molar-refractivity contribution is 8.00. The summed E-state index contributed by atoms with van der Waals surface area (Å²) in [4.78, 5) is 49.9. The minimum atomic E-state index is -1.18. The number of carbonyl (C=O) groups excluding carboxylic acids is 3. The molecule has 3 aromatic rings. The maximum absolute atomic E-state index is 12.9. The molecule has 38 heavy (non-hydrogen) atoms. The Bertz CT molecular complexity index is 1290. The normalized spacial score (nSPS) is 11.3. The number of benzene rings is 3. The second-order valence-corrected chi connectivity index (χ2v) is 9.68. The molecule has 3 rings (SSSR count). The van der Waals surface area contributed by atoms with Gasteiger partial charge in [-0.3, -0.25) is 9.59 Å². The minimum Gasteiger partial charge on any atom is -0.478 e. The van der Waals surface area contributed by atoms with Gasteiger partial charge >= 0.3 is 11.9 Å². The van der Waals surface area contributed by atoms with Gasteiger partial charge in [0.15, 0.2) is 0 Å². The topological polar surface area (TPSA) is 122 Å². The predicted octanol–water partition coefficient (Wildman–Crippen LogP) is 6.10. The fraction of sp³-hybridized carbons (Fsp3) is 0.241. The Morgan fingerprint density at radius 2 is 1.58 bits per heavy atom. The van der Waals surface area contributed by atoms with Gasteiger partial charge in [-0.25, -0.2) is 9.59 Å². The number of rotatable bonds is 12. The van der Waals surface area contributed by atoms with E-state index in [4.69, 9.17) is 4.74 Å². The van der Waals surface area contributed by atoms with Gasteiger partial charge < -0.3 is 20.5 Å². The summed E-state index contributed by atoms with van der Waals surface area (Å²) in [5.41, 5.74) is 1.45. The molecule has 0 aliphatic heterocycles. The molecule has 1 unspecified atom stereocenters. The number of thioether (sulfide) groups is 1.